The fourth-order valence-electron chi connectivity index (χ4n) is 2.32. The molecule has 0 unspecified atom stereocenters. The molecule has 2 nitrogen and oxygen atoms in total. The van der Waals surface area contributed by atoms with Gasteiger partial charge in [-0.1, -0.05) is 18.2 Å². The largest absolute Gasteiger partial charge is 0.355 e. The molecule has 3 heteroatoms. The first-order valence-corrected chi connectivity index (χ1v) is 8.28. The second kappa shape index (κ2) is 7.53. The third-order valence-electron chi connectivity index (χ3n) is 3.79. The van der Waals surface area contributed by atoms with Crippen molar-refractivity contribution in [3.05, 3.63) is 41.5 Å². The zero-order chi connectivity index (χ0) is 14.4. The van der Waals surface area contributed by atoms with E-state index in [9.17, 15) is 4.79 Å². The van der Waals surface area contributed by atoms with Gasteiger partial charge in [-0.05, 0) is 56.4 Å². The van der Waals surface area contributed by atoms with Crippen molar-refractivity contribution in [2.24, 2.45) is 5.92 Å². The number of hydrogen-bond donors (Lipinski definition) is 1. The number of aryl methyl sites for hydroxylation is 2. The second-order valence-corrected chi connectivity index (χ2v) is 6.54. The molecule has 1 aromatic rings. The topological polar surface area (TPSA) is 29.1 Å². The number of hydrogen-bond acceptors (Lipinski definition) is 2. The number of carbonyl (C=O) groups excluding carboxylic acids is 1. The van der Waals surface area contributed by atoms with Gasteiger partial charge in [0, 0.05) is 23.1 Å². The number of allylic oxidation sites excluding steroid dienone is 2. The number of rotatable bonds is 5. The summed E-state index contributed by atoms with van der Waals surface area (Å²) in [6, 6.07) is 6.53. The van der Waals surface area contributed by atoms with E-state index in [0.29, 0.717) is 0 Å². The maximum Gasteiger partial charge on any atom is 0.223 e. The Bertz CT molecular complexity index is 496. The molecule has 1 aliphatic carbocycles. The van der Waals surface area contributed by atoms with Crippen molar-refractivity contribution in [3.63, 3.8) is 0 Å². The Morgan fingerprint density at radius 2 is 2.15 bits per heavy atom. The molecule has 0 fully saturated rings. The molecular weight excluding hydrogens is 266 g/mol. The normalized spacial score (nSPS) is 18.0. The first-order chi connectivity index (χ1) is 9.66. The van der Waals surface area contributed by atoms with Gasteiger partial charge in [-0.15, -0.1) is 11.8 Å². The van der Waals surface area contributed by atoms with Crippen LogP contribution in [0.15, 0.2) is 35.2 Å². The average Bonchev–Trinajstić information content (AvgIpc) is 2.48. The molecule has 0 spiro atoms. The van der Waals surface area contributed by atoms with Gasteiger partial charge in [0.15, 0.2) is 0 Å². The predicted octanol–water partition coefficient (Wildman–Crippen LogP) is 3.87. The van der Waals surface area contributed by atoms with Crippen LogP contribution in [0, 0.1) is 19.8 Å². The number of amides is 1. The lowest BCUT2D eigenvalue weighted by Crippen LogP contribution is -2.32. The minimum Gasteiger partial charge on any atom is -0.355 e. The van der Waals surface area contributed by atoms with E-state index in [2.05, 4.69) is 49.5 Å². The maximum atomic E-state index is 12.0. The predicted molar refractivity (Wildman–Crippen MR) is 86.1 cm³/mol. The van der Waals surface area contributed by atoms with Crippen LogP contribution >= 0.6 is 11.8 Å². The van der Waals surface area contributed by atoms with Crippen LogP contribution in [0.5, 0.6) is 0 Å². The first kappa shape index (κ1) is 15.2. The quantitative estimate of drug-likeness (QED) is 0.506. The Labute approximate surface area is 126 Å². The van der Waals surface area contributed by atoms with Gasteiger partial charge in [-0.2, -0.15) is 0 Å². The van der Waals surface area contributed by atoms with Crippen LogP contribution in [0.4, 0.5) is 0 Å². The highest BCUT2D eigenvalue weighted by atomic mass is 32.2. The minimum atomic E-state index is 0.187. The molecule has 108 valence electrons. The highest BCUT2D eigenvalue weighted by Crippen LogP contribution is 2.21. The van der Waals surface area contributed by atoms with Crippen LogP contribution in [0.3, 0.4) is 0 Å². The number of carbonyl (C=O) groups is 1. The molecule has 1 atom stereocenters. The Morgan fingerprint density at radius 1 is 1.30 bits per heavy atom. The van der Waals surface area contributed by atoms with E-state index in [1.807, 2.05) is 0 Å². The summed E-state index contributed by atoms with van der Waals surface area (Å²) >= 11 is 1.80. The molecule has 0 saturated heterocycles. The van der Waals surface area contributed by atoms with Gasteiger partial charge in [0.25, 0.3) is 0 Å². The van der Waals surface area contributed by atoms with Crippen LogP contribution in [0.1, 0.15) is 30.4 Å². The Kier molecular flexibility index (Phi) is 5.72. The van der Waals surface area contributed by atoms with E-state index in [4.69, 9.17) is 0 Å². The molecule has 0 heterocycles. The summed E-state index contributed by atoms with van der Waals surface area (Å²) in [7, 11) is 0. The van der Waals surface area contributed by atoms with Crippen LogP contribution < -0.4 is 5.32 Å². The molecule has 1 amide bonds. The van der Waals surface area contributed by atoms with Crippen molar-refractivity contribution >= 4 is 17.7 Å². The van der Waals surface area contributed by atoms with Gasteiger partial charge in [-0.25, -0.2) is 0 Å². The fraction of sp³-hybridized carbons (Fsp3) is 0.471. The molecule has 0 saturated carbocycles. The van der Waals surface area contributed by atoms with Gasteiger partial charge >= 0.3 is 0 Å². The van der Waals surface area contributed by atoms with E-state index in [1.54, 1.807) is 11.8 Å². The van der Waals surface area contributed by atoms with E-state index >= 15 is 0 Å². The molecule has 0 aromatic heterocycles. The highest BCUT2D eigenvalue weighted by Gasteiger charge is 2.17. The molecule has 0 aliphatic heterocycles. The van der Waals surface area contributed by atoms with Crippen molar-refractivity contribution in [1.29, 1.82) is 0 Å². The summed E-state index contributed by atoms with van der Waals surface area (Å²) < 4.78 is 0. The van der Waals surface area contributed by atoms with Crippen molar-refractivity contribution in [2.75, 3.05) is 12.3 Å². The summed E-state index contributed by atoms with van der Waals surface area (Å²) in [6.45, 7) is 5.01. The average molecular weight is 289 g/mol. The zero-order valence-corrected chi connectivity index (χ0v) is 13.1. The first-order valence-electron chi connectivity index (χ1n) is 7.29. The van der Waals surface area contributed by atoms with Crippen LogP contribution in [-0.2, 0) is 4.79 Å². The number of benzene rings is 1. The van der Waals surface area contributed by atoms with Crippen LogP contribution in [0.25, 0.3) is 0 Å². The third kappa shape index (κ3) is 4.41. The molecule has 1 aliphatic rings. The summed E-state index contributed by atoms with van der Waals surface area (Å²) in [5.41, 5.74) is 2.65. The van der Waals surface area contributed by atoms with Crippen molar-refractivity contribution in [1.82, 2.24) is 5.32 Å². The lowest BCUT2D eigenvalue weighted by atomic mass is 9.94. The summed E-state index contributed by atoms with van der Waals surface area (Å²) in [4.78, 5) is 13.2. The monoisotopic (exact) mass is 289 g/mol. The second-order valence-electron chi connectivity index (χ2n) is 5.37. The molecule has 0 bridgehead atoms. The van der Waals surface area contributed by atoms with Crippen molar-refractivity contribution in [2.45, 2.75) is 38.0 Å². The van der Waals surface area contributed by atoms with Crippen LogP contribution in [-0.4, -0.2) is 18.2 Å². The van der Waals surface area contributed by atoms with Gasteiger partial charge in [0.2, 0.25) is 5.91 Å². The van der Waals surface area contributed by atoms with Crippen molar-refractivity contribution in [3.8, 4) is 0 Å². The summed E-state index contributed by atoms with van der Waals surface area (Å²) in [5.74, 6) is 1.33. The van der Waals surface area contributed by atoms with E-state index < -0.39 is 0 Å². The molecular formula is C17H23NOS. The Hall–Kier alpha value is -1.22. The molecule has 1 aromatic carbocycles. The Morgan fingerprint density at radius 3 is 2.85 bits per heavy atom. The Balaban J connectivity index is 1.69. The standard InChI is InChI=1S/C17H23NOS/c1-13-8-9-16(12-14(13)2)20-11-10-18-17(19)15-6-4-3-5-7-15/h3-4,8-9,12,15H,5-7,10-11H2,1-2H3,(H,18,19)/t15-/m0/s1. The van der Waals surface area contributed by atoms with Gasteiger partial charge < -0.3 is 5.32 Å². The number of nitrogens with one attached hydrogen (secondary N) is 1. The van der Waals surface area contributed by atoms with Crippen molar-refractivity contribution < 1.29 is 4.79 Å². The lowest BCUT2D eigenvalue weighted by molar-refractivity contribution is -0.125. The van der Waals surface area contributed by atoms with E-state index in [-0.39, 0.29) is 11.8 Å². The van der Waals surface area contributed by atoms with Gasteiger partial charge in [-0.3, -0.25) is 4.79 Å². The summed E-state index contributed by atoms with van der Waals surface area (Å²) in [5, 5.41) is 3.05. The lowest BCUT2D eigenvalue weighted by Gasteiger charge is -2.17. The molecule has 0 radical (unpaired) electrons. The third-order valence-corrected chi connectivity index (χ3v) is 4.78. The smallest absolute Gasteiger partial charge is 0.223 e. The number of thioether (sulfide) groups is 1. The minimum absolute atomic E-state index is 0.187. The molecule has 2 rings (SSSR count). The highest BCUT2D eigenvalue weighted by molar-refractivity contribution is 7.99. The van der Waals surface area contributed by atoms with Gasteiger partial charge in [0.05, 0.1) is 0 Å². The SMILES string of the molecule is Cc1ccc(SCCNC(=O)[C@H]2CC=CCC2)cc1C. The fourth-order valence-corrected chi connectivity index (χ4v) is 3.19. The molecule has 1 N–H and O–H groups in total. The molecule has 20 heavy (non-hydrogen) atoms. The van der Waals surface area contributed by atoms with E-state index in [1.165, 1.54) is 16.0 Å². The van der Waals surface area contributed by atoms with E-state index in [0.717, 1.165) is 31.6 Å². The zero-order valence-electron chi connectivity index (χ0n) is 12.3. The maximum absolute atomic E-state index is 12.0. The van der Waals surface area contributed by atoms with Gasteiger partial charge in [0.1, 0.15) is 0 Å². The summed E-state index contributed by atoms with van der Waals surface area (Å²) in [6.07, 6.45) is 7.22. The van der Waals surface area contributed by atoms with Crippen LogP contribution in [0.2, 0.25) is 0 Å².